The smallest absolute Gasteiger partial charge is 0.0476 e. The van der Waals surface area contributed by atoms with Gasteiger partial charge in [0.05, 0.1) is 0 Å². The first-order valence-electron chi connectivity index (χ1n) is 8.13. The molecule has 0 aliphatic carbocycles. The molecule has 24 heavy (non-hydrogen) atoms. The minimum absolute atomic E-state index is 1.21. The summed E-state index contributed by atoms with van der Waals surface area (Å²) < 4.78 is 0. The summed E-state index contributed by atoms with van der Waals surface area (Å²) in [5.74, 6) is 0. The Balaban J connectivity index is 1.83. The summed E-state index contributed by atoms with van der Waals surface area (Å²) in [7, 11) is 0. The number of rotatable bonds is 0. The fraction of sp³-hybridized carbons (Fsp3) is 0. The van der Waals surface area contributed by atoms with Gasteiger partial charge in [-0.1, -0.05) is 66.4 Å². The first-order chi connectivity index (χ1) is 11.9. The van der Waals surface area contributed by atoms with Gasteiger partial charge in [-0.3, -0.25) is 0 Å². The molecule has 0 atom stereocenters. The van der Waals surface area contributed by atoms with E-state index in [0.717, 1.165) is 0 Å². The Morgan fingerprint density at radius 2 is 1.50 bits per heavy atom. The predicted molar refractivity (Wildman–Crippen MR) is 103 cm³/mol. The molecular formula is C22H13NS. The molecule has 2 heterocycles. The number of hydrogen-bond donors (Lipinski definition) is 1. The maximum Gasteiger partial charge on any atom is 0.0476 e. The molecule has 5 aromatic rings. The highest BCUT2D eigenvalue weighted by Gasteiger charge is 2.22. The molecule has 4 aromatic carbocycles. The van der Waals surface area contributed by atoms with Crippen molar-refractivity contribution in [3.8, 4) is 11.1 Å². The van der Waals surface area contributed by atoms with Crippen molar-refractivity contribution in [1.82, 2.24) is 4.98 Å². The van der Waals surface area contributed by atoms with E-state index < -0.39 is 0 Å². The van der Waals surface area contributed by atoms with Crippen LogP contribution in [0.2, 0.25) is 0 Å². The topological polar surface area (TPSA) is 15.8 Å². The minimum atomic E-state index is 1.21. The average molecular weight is 323 g/mol. The standard InChI is InChI=1S/C22H13NS/c1-2-9-17-16(7-1)21-18(23-17)12-11-15-14-8-3-5-13-6-4-10-19(20(13)14)24-22(15)21/h1-12,23H. The molecule has 1 aliphatic heterocycles. The van der Waals surface area contributed by atoms with E-state index in [2.05, 4.69) is 77.8 Å². The quantitative estimate of drug-likeness (QED) is 0.333. The molecule has 0 saturated carbocycles. The van der Waals surface area contributed by atoms with Crippen LogP contribution in [0.3, 0.4) is 0 Å². The zero-order chi connectivity index (χ0) is 15.7. The lowest BCUT2D eigenvalue weighted by Crippen LogP contribution is -1.93. The van der Waals surface area contributed by atoms with Crippen LogP contribution in [0, 0.1) is 0 Å². The fourth-order valence-corrected chi connectivity index (χ4v) is 5.26. The van der Waals surface area contributed by atoms with Gasteiger partial charge in [0.25, 0.3) is 0 Å². The number of para-hydroxylation sites is 1. The predicted octanol–water partition coefficient (Wildman–Crippen LogP) is 6.61. The SMILES string of the molecule is c1cc2c3c(cccc3c1)-c1ccc3[nH]c4ccccc4c3c1S2. The number of aromatic nitrogens is 1. The van der Waals surface area contributed by atoms with Crippen LogP contribution in [-0.4, -0.2) is 4.98 Å². The lowest BCUT2D eigenvalue weighted by molar-refractivity contribution is 1.44. The molecule has 0 radical (unpaired) electrons. The molecule has 1 aliphatic rings. The Bertz CT molecular complexity index is 1270. The number of H-pyrrole nitrogens is 1. The van der Waals surface area contributed by atoms with Gasteiger partial charge in [0, 0.05) is 37.0 Å². The molecule has 6 rings (SSSR count). The van der Waals surface area contributed by atoms with Crippen LogP contribution >= 0.6 is 11.8 Å². The summed E-state index contributed by atoms with van der Waals surface area (Å²) in [6, 6.07) is 26.3. The van der Waals surface area contributed by atoms with Crippen molar-refractivity contribution >= 4 is 44.3 Å². The summed E-state index contributed by atoms with van der Waals surface area (Å²) in [5, 5.41) is 5.36. The highest BCUT2D eigenvalue weighted by Crippen LogP contribution is 2.51. The van der Waals surface area contributed by atoms with Crippen molar-refractivity contribution in [3.63, 3.8) is 0 Å². The summed E-state index contributed by atoms with van der Waals surface area (Å²) in [6.45, 7) is 0. The van der Waals surface area contributed by atoms with Crippen LogP contribution in [0.1, 0.15) is 0 Å². The Morgan fingerprint density at radius 1 is 0.625 bits per heavy atom. The Kier molecular flexibility index (Phi) is 2.34. The minimum Gasteiger partial charge on any atom is -0.354 e. The first-order valence-corrected chi connectivity index (χ1v) is 8.95. The number of nitrogens with one attached hydrogen (secondary N) is 1. The third-order valence-electron chi connectivity index (χ3n) is 4.99. The lowest BCUT2D eigenvalue weighted by atomic mass is 9.96. The summed E-state index contributed by atoms with van der Waals surface area (Å²) in [4.78, 5) is 6.29. The normalized spacial score (nSPS) is 12.8. The molecule has 0 spiro atoms. The Hall–Kier alpha value is -2.71. The maximum atomic E-state index is 3.56. The number of fused-ring (bicyclic) bond motifs is 6. The van der Waals surface area contributed by atoms with E-state index in [4.69, 9.17) is 0 Å². The summed E-state index contributed by atoms with van der Waals surface area (Å²) >= 11 is 1.90. The van der Waals surface area contributed by atoms with E-state index in [1.807, 2.05) is 11.8 Å². The second-order valence-corrected chi connectivity index (χ2v) is 7.35. The molecular weight excluding hydrogens is 310 g/mol. The average Bonchev–Trinajstić information content (AvgIpc) is 3.01. The van der Waals surface area contributed by atoms with Gasteiger partial charge in [0.15, 0.2) is 0 Å². The second-order valence-electron chi connectivity index (χ2n) is 6.30. The van der Waals surface area contributed by atoms with Gasteiger partial charge in [-0.25, -0.2) is 0 Å². The zero-order valence-electron chi connectivity index (χ0n) is 12.8. The summed E-state index contributed by atoms with van der Waals surface area (Å²) in [5.41, 5.74) is 5.12. The lowest BCUT2D eigenvalue weighted by Gasteiger charge is -2.21. The first kappa shape index (κ1) is 12.7. The summed E-state index contributed by atoms with van der Waals surface area (Å²) in [6.07, 6.45) is 0. The van der Waals surface area contributed by atoms with Crippen LogP contribution in [0.4, 0.5) is 0 Å². The third kappa shape index (κ3) is 1.51. The fourth-order valence-electron chi connectivity index (χ4n) is 3.95. The molecule has 1 nitrogen and oxygen atoms in total. The molecule has 0 bridgehead atoms. The van der Waals surface area contributed by atoms with Crippen molar-refractivity contribution in [3.05, 3.63) is 72.8 Å². The number of aromatic amines is 1. The number of hydrogen-bond acceptors (Lipinski definition) is 1. The van der Waals surface area contributed by atoms with Crippen molar-refractivity contribution < 1.29 is 0 Å². The van der Waals surface area contributed by atoms with Crippen molar-refractivity contribution in [2.75, 3.05) is 0 Å². The molecule has 2 heteroatoms. The van der Waals surface area contributed by atoms with Gasteiger partial charge in [0.1, 0.15) is 0 Å². The van der Waals surface area contributed by atoms with Crippen LogP contribution in [0.5, 0.6) is 0 Å². The van der Waals surface area contributed by atoms with Gasteiger partial charge in [-0.15, -0.1) is 0 Å². The molecule has 0 saturated heterocycles. The van der Waals surface area contributed by atoms with E-state index in [9.17, 15) is 0 Å². The molecule has 0 fully saturated rings. The van der Waals surface area contributed by atoms with E-state index >= 15 is 0 Å². The molecule has 0 unspecified atom stereocenters. The van der Waals surface area contributed by atoms with Crippen LogP contribution in [0.15, 0.2) is 82.6 Å². The third-order valence-corrected chi connectivity index (χ3v) is 6.18. The van der Waals surface area contributed by atoms with Gasteiger partial charge >= 0.3 is 0 Å². The van der Waals surface area contributed by atoms with Gasteiger partial charge in [-0.2, -0.15) is 0 Å². The molecule has 1 N–H and O–H groups in total. The maximum absolute atomic E-state index is 3.56. The van der Waals surface area contributed by atoms with E-state index in [1.54, 1.807) is 0 Å². The van der Waals surface area contributed by atoms with Crippen LogP contribution in [-0.2, 0) is 0 Å². The van der Waals surface area contributed by atoms with Gasteiger partial charge in [-0.05, 0) is 34.7 Å². The van der Waals surface area contributed by atoms with Crippen molar-refractivity contribution in [2.45, 2.75) is 9.79 Å². The highest BCUT2D eigenvalue weighted by molar-refractivity contribution is 8.00. The van der Waals surface area contributed by atoms with Crippen LogP contribution in [0.25, 0.3) is 43.7 Å². The highest BCUT2D eigenvalue weighted by atomic mass is 32.2. The Labute approximate surface area is 143 Å². The van der Waals surface area contributed by atoms with Crippen molar-refractivity contribution in [2.24, 2.45) is 0 Å². The molecule has 112 valence electrons. The number of benzene rings is 4. The zero-order valence-corrected chi connectivity index (χ0v) is 13.7. The van der Waals surface area contributed by atoms with Crippen LogP contribution < -0.4 is 0 Å². The molecule has 0 amide bonds. The second kappa shape index (κ2) is 4.43. The monoisotopic (exact) mass is 323 g/mol. The van der Waals surface area contributed by atoms with Gasteiger partial charge < -0.3 is 4.98 Å². The van der Waals surface area contributed by atoms with Gasteiger partial charge in [0.2, 0.25) is 0 Å². The van der Waals surface area contributed by atoms with E-state index in [1.165, 1.54) is 53.5 Å². The van der Waals surface area contributed by atoms with Crippen molar-refractivity contribution in [1.29, 1.82) is 0 Å². The largest absolute Gasteiger partial charge is 0.354 e. The Morgan fingerprint density at radius 3 is 2.46 bits per heavy atom. The van der Waals surface area contributed by atoms with E-state index in [0.29, 0.717) is 0 Å². The molecule has 1 aromatic heterocycles. The van der Waals surface area contributed by atoms with E-state index in [-0.39, 0.29) is 0 Å².